The van der Waals surface area contributed by atoms with Crippen LogP contribution in [0.3, 0.4) is 0 Å². The van der Waals surface area contributed by atoms with Gasteiger partial charge in [-0.1, -0.05) is 44.2 Å². The largest absolute Gasteiger partial charge is 0.483 e. The molecular formula is C22H26N2O. The first-order valence-corrected chi connectivity index (χ1v) is 9.54. The molecule has 0 spiro atoms. The lowest BCUT2D eigenvalue weighted by atomic mass is 9.63. The van der Waals surface area contributed by atoms with Gasteiger partial charge in [0.25, 0.3) is 0 Å². The van der Waals surface area contributed by atoms with Crippen molar-refractivity contribution < 1.29 is 4.74 Å². The summed E-state index contributed by atoms with van der Waals surface area (Å²) >= 11 is 0. The molecular weight excluding hydrogens is 308 g/mol. The van der Waals surface area contributed by atoms with Gasteiger partial charge in [-0.05, 0) is 36.3 Å². The van der Waals surface area contributed by atoms with E-state index in [1.807, 2.05) is 0 Å². The fourth-order valence-corrected chi connectivity index (χ4v) is 5.36. The topological polar surface area (TPSA) is 15.7 Å². The Hall–Kier alpha value is -2.16. The maximum absolute atomic E-state index is 6.50. The summed E-state index contributed by atoms with van der Waals surface area (Å²) in [4.78, 5) is 4.91. The molecule has 0 amide bonds. The Bertz CT molecular complexity index is 802. The van der Waals surface area contributed by atoms with Crippen molar-refractivity contribution in [2.75, 3.05) is 7.05 Å². The number of hydrogen-bond donors (Lipinski definition) is 0. The van der Waals surface area contributed by atoms with Crippen LogP contribution in [-0.2, 0) is 0 Å². The molecule has 3 nitrogen and oxygen atoms in total. The molecule has 3 atom stereocenters. The van der Waals surface area contributed by atoms with Gasteiger partial charge in [0.05, 0.1) is 6.04 Å². The zero-order chi connectivity index (χ0) is 17.2. The Morgan fingerprint density at radius 1 is 1.12 bits per heavy atom. The molecule has 1 aromatic carbocycles. The molecule has 3 unspecified atom stereocenters. The highest BCUT2D eigenvalue weighted by Crippen LogP contribution is 2.54. The molecule has 3 heteroatoms. The molecule has 25 heavy (non-hydrogen) atoms. The van der Waals surface area contributed by atoms with Crippen LogP contribution in [0.4, 0.5) is 0 Å². The fraction of sp³-hybridized carbons (Fsp3) is 0.455. The number of benzene rings is 1. The fourth-order valence-electron chi connectivity index (χ4n) is 5.36. The van der Waals surface area contributed by atoms with E-state index < -0.39 is 0 Å². The minimum Gasteiger partial charge on any atom is -0.483 e. The monoisotopic (exact) mass is 334 g/mol. The lowest BCUT2D eigenvalue weighted by Crippen LogP contribution is -2.59. The molecule has 0 N–H and O–H groups in total. The molecule has 130 valence electrons. The summed E-state index contributed by atoms with van der Waals surface area (Å²) in [5, 5.41) is 0. The van der Waals surface area contributed by atoms with E-state index in [4.69, 9.17) is 4.74 Å². The van der Waals surface area contributed by atoms with Crippen molar-refractivity contribution in [1.29, 1.82) is 0 Å². The third kappa shape index (κ3) is 1.87. The number of piperidine rings is 1. The zero-order valence-electron chi connectivity index (χ0n) is 15.3. The minimum absolute atomic E-state index is 0.105. The number of rotatable bonds is 2. The highest BCUT2D eigenvalue weighted by molar-refractivity contribution is 5.81. The smallest absolute Gasteiger partial charge is 0.149 e. The maximum Gasteiger partial charge on any atom is 0.149 e. The van der Waals surface area contributed by atoms with Crippen LogP contribution in [0.1, 0.15) is 38.7 Å². The van der Waals surface area contributed by atoms with Crippen molar-refractivity contribution in [2.45, 2.75) is 51.4 Å². The number of fused-ring (bicyclic) bond motifs is 7. The summed E-state index contributed by atoms with van der Waals surface area (Å²) in [5.74, 6) is 1.03. The molecule has 1 saturated heterocycles. The van der Waals surface area contributed by atoms with Crippen LogP contribution >= 0.6 is 0 Å². The first kappa shape index (κ1) is 15.1. The van der Waals surface area contributed by atoms with E-state index in [1.54, 1.807) is 5.57 Å². The van der Waals surface area contributed by atoms with E-state index in [9.17, 15) is 0 Å². The summed E-state index contributed by atoms with van der Waals surface area (Å²) < 4.78 is 6.50. The minimum atomic E-state index is 0.105. The molecule has 1 aliphatic carbocycles. The van der Waals surface area contributed by atoms with E-state index in [0.29, 0.717) is 12.2 Å². The van der Waals surface area contributed by atoms with Gasteiger partial charge in [-0.3, -0.25) is 0 Å². The van der Waals surface area contributed by atoms with Crippen molar-refractivity contribution in [3.8, 4) is 5.75 Å². The number of ether oxygens (including phenoxy) is 1. The SMILES string of the molecule is CCC1(CC)CC2N(C)C=CN2C2C1=CC=C1c3ccccc3OC12. The first-order valence-electron chi connectivity index (χ1n) is 9.54. The van der Waals surface area contributed by atoms with Crippen molar-refractivity contribution in [1.82, 2.24) is 9.80 Å². The average molecular weight is 334 g/mol. The average Bonchev–Trinajstić information content (AvgIpc) is 3.21. The van der Waals surface area contributed by atoms with E-state index in [0.717, 1.165) is 5.75 Å². The third-order valence-corrected chi connectivity index (χ3v) is 6.96. The van der Waals surface area contributed by atoms with Crippen LogP contribution in [0, 0.1) is 5.41 Å². The van der Waals surface area contributed by atoms with Crippen LogP contribution in [0.5, 0.6) is 5.75 Å². The third-order valence-electron chi connectivity index (χ3n) is 6.96. The molecule has 5 rings (SSSR count). The number of para-hydroxylation sites is 1. The molecule has 0 radical (unpaired) electrons. The summed E-state index contributed by atoms with van der Waals surface area (Å²) in [6, 6.07) is 8.78. The second-order valence-corrected chi connectivity index (χ2v) is 7.81. The van der Waals surface area contributed by atoms with Crippen molar-refractivity contribution in [3.63, 3.8) is 0 Å². The molecule has 4 aliphatic rings. The van der Waals surface area contributed by atoms with Crippen LogP contribution < -0.4 is 4.74 Å². The molecule has 3 aliphatic heterocycles. The Kier molecular flexibility index (Phi) is 3.13. The summed E-state index contributed by atoms with van der Waals surface area (Å²) in [6.07, 6.45) is 13.3. The summed E-state index contributed by atoms with van der Waals surface area (Å²) in [5.41, 5.74) is 4.44. The number of allylic oxidation sites excluding steroid dienone is 2. The Morgan fingerprint density at radius 3 is 2.72 bits per heavy atom. The van der Waals surface area contributed by atoms with Crippen LogP contribution in [0.2, 0.25) is 0 Å². The van der Waals surface area contributed by atoms with E-state index >= 15 is 0 Å². The van der Waals surface area contributed by atoms with Gasteiger partial charge in [-0.2, -0.15) is 0 Å². The van der Waals surface area contributed by atoms with E-state index in [1.165, 1.54) is 30.4 Å². The van der Waals surface area contributed by atoms with Gasteiger partial charge >= 0.3 is 0 Å². The van der Waals surface area contributed by atoms with E-state index in [2.05, 4.69) is 79.5 Å². The lowest BCUT2D eigenvalue weighted by molar-refractivity contribution is 0.0114. The van der Waals surface area contributed by atoms with Gasteiger partial charge in [0.15, 0.2) is 0 Å². The van der Waals surface area contributed by atoms with Gasteiger partial charge in [0.2, 0.25) is 0 Å². The molecule has 3 heterocycles. The van der Waals surface area contributed by atoms with Gasteiger partial charge in [-0.15, -0.1) is 0 Å². The standard InChI is InChI=1S/C22H26N2O/c1-4-22(5-2)14-19-23(3)12-13-24(19)20-17(22)11-10-16-15-8-6-7-9-18(15)25-21(16)20/h6-13,19-21H,4-5,14H2,1-3H3. The maximum atomic E-state index is 6.50. The second kappa shape index (κ2) is 5.17. The molecule has 0 saturated carbocycles. The zero-order valence-corrected chi connectivity index (χ0v) is 15.3. The quantitative estimate of drug-likeness (QED) is 0.797. The lowest BCUT2D eigenvalue weighted by Gasteiger charge is -2.54. The summed E-state index contributed by atoms with van der Waals surface area (Å²) in [6.45, 7) is 4.70. The van der Waals surface area contributed by atoms with Gasteiger partial charge in [0.1, 0.15) is 18.0 Å². The van der Waals surface area contributed by atoms with Crippen LogP contribution in [0.25, 0.3) is 5.57 Å². The number of hydrogen-bond acceptors (Lipinski definition) is 3. The van der Waals surface area contributed by atoms with Crippen molar-refractivity contribution in [3.05, 3.63) is 60.0 Å². The van der Waals surface area contributed by atoms with Gasteiger partial charge in [0, 0.05) is 30.6 Å². The summed E-state index contributed by atoms with van der Waals surface area (Å²) in [7, 11) is 2.20. The van der Waals surface area contributed by atoms with Crippen molar-refractivity contribution >= 4 is 5.57 Å². The van der Waals surface area contributed by atoms with Gasteiger partial charge in [-0.25, -0.2) is 0 Å². The molecule has 0 bridgehead atoms. The molecule has 0 aromatic heterocycles. The molecule has 1 fully saturated rings. The normalized spacial score (nSPS) is 30.8. The Labute approximate surface area is 150 Å². The first-order chi connectivity index (χ1) is 12.2. The Balaban J connectivity index is 1.66. The number of nitrogens with zero attached hydrogens (tertiary/aromatic N) is 2. The highest BCUT2D eigenvalue weighted by atomic mass is 16.5. The second-order valence-electron chi connectivity index (χ2n) is 7.81. The predicted octanol–water partition coefficient (Wildman–Crippen LogP) is 4.39. The van der Waals surface area contributed by atoms with Crippen molar-refractivity contribution in [2.24, 2.45) is 5.41 Å². The Morgan fingerprint density at radius 2 is 1.92 bits per heavy atom. The van der Waals surface area contributed by atoms with Gasteiger partial charge < -0.3 is 14.5 Å². The van der Waals surface area contributed by atoms with E-state index in [-0.39, 0.29) is 11.5 Å². The van der Waals surface area contributed by atoms with Crippen LogP contribution in [-0.4, -0.2) is 35.2 Å². The molecule has 1 aromatic rings. The van der Waals surface area contributed by atoms with Crippen LogP contribution in [0.15, 0.2) is 54.4 Å². The highest BCUT2D eigenvalue weighted by Gasteiger charge is 2.54. The predicted molar refractivity (Wildman–Crippen MR) is 101 cm³/mol.